The molecular weight excluding hydrogens is 170 g/mol. The minimum absolute atomic E-state index is 0.149. The fourth-order valence-corrected chi connectivity index (χ4v) is 1.12. The summed E-state index contributed by atoms with van der Waals surface area (Å²) < 4.78 is 0. The molecule has 0 fully saturated rings. The molecule has 0 rings (SSSR count). The average molecular weight is 189 g/mol. The molecule has 0 aromatic heterocycles. The first-order valence-electron chi connectivity index (χ1n) is 4.54. The number of nitrogens with two attached hydrogens (primary N) is 1. The molecular formula is C8H19N3O2. The Morgan fingerprint density at radius 3 is 2.54 bits per heavy atom. The van der Waals surface area contributed by atoms with Gasteiger partial charge < -0.3 is 20.9 Å². The lowest BCUT2D eigenvalue weighted by Gasteiger charge is -2.19. The van der Waals surface area contributed by atoms with Crippen LogP contribution in [0.5, 0.6) is 0 Å². The van der Waals surface area contributed by atoms with Crippen LogP contribution in [-0.2, 0) is 0 Å². The molecule has 0 amide bonds. The van der Waals surface area contributed by atoms with Crippen LogP contribution in [0.25, 0.3) is 0 Å². The van der Waals surface area contributed by atoms with E-state index in [-0.39, 0.29) is 12.4 Å². The molecule has 0 heterocycles. The van der Waals surface area contributed by atoms with Crippen molar-refractivity contribution in [3.8, 4) is 0 Å². The van der Waals surface area contributed by atoms with Crippen LogP contribution in [0.3, 0.4) is 0 Å². The highest BCUT2D eigenvalue weighted by molar-refractivity contribution is 5.79. The zero-order chi connectivity index (χ0) is 10.1. The maximum Gasteiger partial charge on any atom is 0.140 e. The summed E-state index contributed by atoms with van der Waals surface area (Å²) in [7, 11) is 0. The van der Waals surface area contributed by atoms with Gasteiger partial charge in [-0.05, 0) is 13.0 Å². The average Bonchev–Trinajstić information content (AvgIpc) is 2.14. The molecule has 5 nitrogen and oxygen atoms in total. The van der Waals surface area contributed by atoms with Gasteiger partial charge in [-0.3, -0.25) is 0 Å². The van der Waals surface area contributed by atoms with Gasteiger partial charge in [0.2, 0.25) is 0 Å². The van der Waals surface area contributed by atoms with E-state index in [9.17, 15) is 0 Å². The lowest BCUT2D eigenvalue weighted by atomic mass is 10.3. The zero-order valence-electron chi connectivity index (χ0n) is 8.11. The monoisotopic (exact) mass is 189 g/mol. The van der Waals surface area contributed by atoms with Gasteiger partial charge in [-0.25, -0.2) is 0 Å². The molecule has 0 aliphatic carbocycles. The topological polar surface area (TPSA) is 82.1 Å². The number of nitrogens with zero attached hydrogens (tertiary/aromatic N) is 2. The smallest absolute Gasteiger partial charge is 0.140 e. The largest absolute Gasteiger partial charge is 0.409 e. The Hall–Kier alpha value is -0.810. The van der Waals surface area contributed by atoms with E-state index in [1.807, 2.05) is 0 Å². The molecule has 0 saturated heterocycles. The maximum absolute atomic E-state index is 8.73. The molecule has 0 unspecified atom stereocenters. The molecule has 0 aliphatic rings. The van der Waals surface area contributed by atoms with E-state index in [4.69, 9.17) is 16.0 Å². The van der Waals surface area contributed by atoms with Crippen molar-refractivity contribution in [3.63, 3.8) is 0 Å². The van der Waals surface area contributed by atoms with Crippen LogP contribution in [0, 0.1) is 0 Å². The van der Waals surface area contributed by atoms with E-state index in [0.717, 1.165) is 19.5 Å². The molecule has 13 heavy (non-hydrogen) atoms. The summed E-state index contributed by atoms with van der Waals surface area (Å²) in [6, 6.07) is 0. The molecule has 0 atom stereocenters. The van der Waals surface area contributed by atoms with Crippen LogP contribution in [0.15, 0.2) is 5.16 Å². The highest BCUT2D eigenvalue weighted by Gasteiger charge is 2.03. The van der Waals surface area contributed by atoms with Crippen molar-refractivity contribution in [1.82, 2.24) is 4.90 Å². The van der Waals surface area contributed by atoms with Crippen LogP contribution in [0.2, 0.25) is 0 Å². The van der Waals surface area contributed by atoms with Crippen molar-refractivity contribution >= 4 is 5.84 Å². The van der Waals surface area contributed by atoms with E-state index >= 15 is 0 Å². The summed E-state index contributed by atoms with van der Waals surface area (Å²) in [5.74, 6) is 0.235. The number of hydrogen-bond donors (Lipinski definition) is 3. The van der Waals surface area contributed by atoms with Crippen molar-refractivity contribution in [2.45, 2.75) is 19.8 Å². The van der Waals surface area contributed by atoms with Crippen molar-refractivity contribution in [3.05, 3.63) is 0 Å². The third-order valence-electron chi connectivity index (χ3n) is 1.77. The van der Waals surface area contributed by atoms with Gasteiger partial charge in [0.1, 0.15) is 5.84 Å². The van der Waals surface area contributed by atoms with Gasteiger partial charge in [0.15, 0.2) is 0 Å². The molecule has 0 spiro atoms. The standard InChI is InChI=1S/C8H19N3O2/c1-2-4-11(6-7-12)5-3-8(9)10-13/h12-13H,2-7H2,1H3,(H2,9,10). The first-order valence-corrected chi connectivity index (χ1v) is 4.54. The second kappa shape index (κ2) is 7.82. The van der Waals surface area contributed by atoms with Gasteiger partial charge in [0.05, 0.1) is 6.61 Å². The minimum Gasteiger partial charge on any atom is -0.409 e. The second-order valence-electron chi connectivity index (χ2n) is 2.91. The number of oxime groups is 1. The number of aliphatic hydroxyl groups excluding tert-OH is 1. The lowest BCUT2D eigenvalue weighted by Crippen LogP contribution is -2.31. The van der Waals surface area contributed by atoms with Crippen molar-refractivity contribution in [2.24, 2.45) is 10.9 Å². The lowest BCUT2D eigenvalue weighted by molar-refractivity contribution is 0.198. The van der Waals surface area contributed by atoms with Gasteiger partial charge in [-0.1, -0.05) is 12.1 Å². The minimum atomic E-state index is 0.149. The number of amidine groups is 1. The van der Waals surface area contributed by atoms with Gasteiger partial charge in [-0.2, -0.15) is 0 Å². The Labute approximate surface area is 78.8 Å². The Morgan fingerprint density at radius 2 is 2.08 bits per heavy atom. The first-order chi connectivity index (χ1) is 6.24. The van der Waals surface area contributed by atoms with Gasteiger partial charge in [0.25, 0.3) is 0 Å². The number of aliphatic hydroxyl groups is 1. The molecule has 0 bridgehead atoms. The normalized spacial score (nSPS) is 12.4. The van der Waals surface area contributed by atoms with E-state index < -0.39 is 0 Å². The Morgan fingerprint density at radius 1 is 1.38 bits per heavy atom. The Balaban J connectivity index is 3.67. The van der Waals surface area contributed by atoms with E-state index in [0.29, 0.717) is 13.0 Å². The first kappa shape index (κ1) is 12.2. The molecule has 0 saturated carbocycles. The quantitative estimate of drug-likeness (QED) is 0.225. The molecule has 5 heteroatoms. The number of hydrogen-bond acceptors (Lipinski definition) is 4. The maximum atomic E-state index is 8.73. The van der Waals surface area contributed by atoms with Crippen LogP contribution >= 0.6 is 0 Å². The van der Waals surface area contributed by atoms with Crippen molar-refractivity contribution in [1.29, 1.82) is 0 Å². The van der Waals surface area contributed by atoms with Crippen molar-refractivity contribution < 1.29 is 10.3 Å². The predicted molar refractivity (Wildman–Crippen MR) is 51.8 cm³/mol. The van der Waals surface area contributed by atoms with Crippen LogP contribution in [-0.4, -0.2) is 47.3 Å². The SMILES string of the molecule is CCCN(CCO)CC/C(N)=N/O. The second-order valence-corrected chi connectivity index (χ2v) is 2.91. The fourth-order valence-electron chi connectivity index (χ4n) is 1.12. The number of rotatable bonds is 7. The van der Waals surface area contributed by atoms with Crippen LogP contribution < -0.4 is 5.73 Å². The van der Waals surface area contributed by atoms with Crippen molar-refractivity contribution in [2.75, 3.05) is 26.2 Å². The third-order valence-corrected chi connectivity index (χ3v) is 1.77. The predicted octanol–water partition coefficient (Wildman–Crippen LogP) is -0.173. The molecule has 0 radical (unpaired) electrons. The highest BCUT2D eigenvalue weighted by atomic mass is 16.4. The van der Waals surface area contributed by atoms with E-state index in [2.05, 4.69) is 17.0 Å². The fraction of sp³-hybridized carbons (Fsp3) is 0.875. The Kier molecular flexibility index (Phi) is 7.33. The molecule has 0 aromatic carbocycles. The van der Waals surface area contributed by atoms with E-state index in [1.165, 1.54) is 0 Å². The summed E-state index contributed by atoms with van der Waals surface area (Å²) in [5, 5.41) is 19.9. The Bertz CT molecular complexity index is 144. The van der Waals surface area contributed by atoms with Crippen LogP contribution in [0.4, 0.5) is 0 Å². The molecule has 0 aliphatic heterocycles. The summed E-state index contributed by atoms with van der Waals surface area (Å²) >= 11 is 0. The molecule has 4 N–H and O–H groups in total. The van der Waals surface area contributed by atoms with Gasteiger partial charge >= 0.3 is 0 Å². The molecule has 0 aromatic rings. The third kappa shape index (κ3) is 6.36. The van der Waals surface area contributed by atoms with Crippen LogP contribution in [0.1, 0.15) is 19.8 Å². The summed E-state index contributed by atoms with van der Waals surface area (Å²) in [5.41, 5.74) is 5.32. The molecule has 78 valence electrons. The summed E-state index contributed by atoms with van der Waals surface area (Å²) in [6.07, 6.45) is 1.58. The summed E-state index contributed by atoms with van der Waals surface area (Å²) in [4.78, 5) is 2.08. The van der Waals surface area contributed by atoms with Gasteiger partial charge in [0, 0.05) is 19.5 Å². The highest BCUT2D eigenvalue weighted by Crippen LogP contribution is 1.93. The zero-order valence-corrected chi connectivity index (χ0v) is 8.11. The van der Waals surface area contributed by atoms with E-state index in [1.54, 1.807) is 0 Å². The summed E-state index contributed by atoms with van der Waals surface area (Å²) in [6.45, 7) is 4.53. The van der Waals surface area contributed by atoms with Gasteiger partial charge in [-0.15, -0.1) is 0 Å².